The molecule has 2 unspecified atom stereocenters. The van der Waals surface area contributed by atoms with Gasteiger partial charge in [-0.15, -0.1) is 0 Å². The second-order valence-electron chi connectivity index (χ2n) is 4.53. The fraction of sp³-hybridized carbons (Fsp3) is 1.00. The Morgan fingerprint density at radius 1 is 1.00 bits per heavy atom. The van der Waals surface area contributed by atoms with Crippen molar-refractivity contribution in [3.8, 4) is 0 Å². The van der Waals surface area contributed by atoms with Crippen molar-refractivity contribution in [1.29, 1.82) is 0 Å². The predicted molar refractivity (Wildman–Crippen MR) is 58.8 cm³/mol. The Morgan fingerprint density at radius 2 is 1.54 bits per heavy atom. The molecule has 0 aliphatic rings. The van der Waals surface area contributed by atoms with Gasteiger partial charge < -0.3 is 5.11 Å². The van der Waals surface area contributed by atoms with Crippen LogP contribution >= 0.6 is 0 Å². The second-order valence-corrected chi connectivity index (χ2v) is 4.53. The Balaban J connectivity index is 3.90. The van der Waals surface area contributed by atoms with Crippen molar-refractivity contribution in [3.05, 3.63) is 0 Å². The first-order valence-corrected chi connectivity index (χ1v) is 5.79. The van der Waals surface area contributed by atoms with E-state index in [1.54, 1.807) is 0 Å². The first-order chi connectivity index (χ1) is 6.11. The average Bonchev–Trinajstić information content (AvgIpc) is 2.03. The Bertz CT molecular complexity index is 110. The van der Waals surface area contributed by atoms with Gasteiger partial charge in [0.05, 0.1) is 6.10 Å². The second kappa shape index (κ2) is 7.37. The SMILES string of the molecule is CCCC(O)C(CCC)CC(C)C. The monoisotopic (exact) mass is 186 g/mol. The minimum Gasteiger partial charge on any atom is -0.393 e. The van der Waals surface area contributed by atoms with Crippen LogP contribution in [0.15, 0.2) is 0 Å². The molecule has 0 aliphatic carbocycles. The number of aliphatic hydroxyl groups is 1. The molecule has 0 aromatic rings. The van der Waals surface area contributed by atoms with Crippen LogP contribution in [0.3, 0.4) is 0 Å². The van der Waals surface area contributed by atoms with Crippen LogP contribution in [-0.2, 0) is 0 Å². The van der Waals surface area contributed by atoms with Crippen LogP contribution in [0, 0.1) is 11.8 Å². The lowest BCUT2D eigenvalue weighted by Crippen LogP contribution is -2.21. The molecule has 0 rings (SSSR count). The number of hydrogen-bond donors (Lipinski definition) is 1. The van der Waals surface area contributed by atoms with E-state index in [1.165, 1.54) is 19.3 Å². The zero-order valence-corrected chi connectivity index (χ0v) is 9.71. The summed E-state index contributed by atoms with van der Waals surface area (Å²) in [5.74, 6) is 1.24. The van der Waals surface area contributed by atoms with Gasteiger partial charge in [-0.1, -0.05) is 40.5 Å². The van der Waals surface area contributed by atoms with Gasteiger partial charge in [0.15, 0.2) is 0 Å². The summed E-state index contributed by atoms with van der Waals surface area (Å²) in [7, 11) is 0. The third kappa shape index (κ3) is 6.09. The summed E-state index contributed by atoms with van der Waals surface area (Å²) in [5.41, 5.74) is 0. The number of rotatable bonds is 7. The van der Waals surface area contributed by atoms with Gasteiger partial charge in [-0.3, -0.25) is 0 Å². The van der Waals surface area contributed by atoms with E-state index in [0.717, 1.165) is 12.8 Å². The summed E-state index contributed by atoms with van der Waals surface area (Å²) in [5, 5.41) is 9.89. The lowest BCUT2D eigenvalue weighted by molar-refractivity contribution is 0.0806. The van der Waals surface area contributed by atoms with Gasteiger partial charge in [0.1, 0.15) is 0 Å². The molecule has 0 aliphatic heterocycles. The molecular weight excluding hydrogens is 160 g/mol. The fourth-order valence-electron chi connectivity index (χ4n) is 1.98. The van der Waals surface area contributed by atoms with E-state index >= 15 is 0 Å². The molecule has 0 radical (unpaired) electrons. The zero-order valence-electron chi connectivity index (χ0n) is 9.71. The lowest BCUT2D eigenvalue weighted by atomic mass is 9.87. The molecule has 0 aromatic carbocycles. The molecule has 0 bridgehead atoms. The molecule has 0 spiro atoms. The van der Waals surface area contributed by atoms with Crippen molar-refractivity contribution in [2.45, 2.75) is 65.9 Å². The Hall–Kier alpha value is -0.0400. The molecule has 1 heteroatoms. The highest BCUT2D eigenvalue weighted by molar-refractivity contribution is 4.69. The molecule has 2 atom stereocenters. The Labute approximate surface area is 83.5 Å². The van der Waals surface area contributed by atoms with Gasteiger partial charge in [-0.2, -0.15) is 0 Å². The van der Waals surface area contributed by atoms with Crippen LogP contribution in [0.25, 0.3) is 0 Å². The zero-order chi connectivity index (χ0) is 10.3. The molecule has 0 amide bonds. The van der Waals surface area contributed by atoms with E-state index in [-0.39, 0.29) is 6.10 Å². The van der Waals surface area contributed by atoms with Crippen LogP contribution < -0.4 is 0 Å². The molecule has 0 fully saturated rings. The average molecular weight is 186 g/mol. The maximum Gasteiger partial charge on any atom is 0.0568 e. The molecular formula is C12H26O. The predicted octanol–water partition coefficient (Wildman–Crippen LogP) is 3.61. The molecule has 1 N–H and O–H groups in total. The minimum atomic E-state index is -0.0626. The first kappa shape index (κ1) is 13.0. The molecule has 0 saturated carbocycles. The lowest BCUT2D eigenvalue weighted by Gasteiger charge is -2.23. The van der Waals surface area contributed by atoms with Crippen molar-refractivity contribution in [2.75, 3.05) is 0 Å². The first-order valence-electron chi connectivity index (χ1n) is 5.79. The van der Waals surface area contributed by atoms with E-state index < -0.39 is 0 Å². The van der Waals surface area contributed by atoms with Gasteiger partial charge in [-0.25, -0.2) is 0 Å². The van der Waals surface area contributed by atoms with Crippen LogP contribution in [0.2, 0.25) is 0 Å². The number of aliphatic hydroxyl groups excluding tert-OH is 1. The van der Waals surface area contributed by atoms with E-state index in [0.29, 0.717) is 11.8 Å². The topological polar surface area (TPSA) is 20.2 Å². The van der Waals surface area contributed by atoms with E-state index in [9.17, 15) is 5.11 Å². The third-order valence-corrected chi connectivity index (χ3v) is 2.56. The highest BCUT2D eigenvalue weighted by Gasteiger charge is 2.18. The van der Waals surface area contributed by atoms with Crippen LogP contribution in [0.4, 0.5) is 0 Å². The quantitative estimate of drug-likeness (QED) is 0.644. The summed E-state index contributed by atoms with van der Waals surface area (Å²) in [6, 6.07) is 0. The van der Waals surface area contributed by atoms with Crippen molar-refractivity contribution in [3.63, 3.8) is 0 Å². The standard InChI is InChI=1S/C12H26O/c1-5-7-11(9-10(3)4)12(13)8-6-2/h10-13H,5-9H2,1-4H3. The third-order valence-electron chi connectivity index (χ3n) is 2.56. The molecule has 1 nitrogen and oxygen atoms in total. The smallest absolute Gasteiger partial charge is 0.0568 e. The minimum absolute atomic E-state index is 0.0626. The van der Waals surface area contributed by atoms with Crippen LogP contribution in [0.5, 0.6) is 0 Å². The maximum absolute atomic E-state index is 9.89. The highest BCUT2D eigenvalue weighted by atomic mass is 16.3. The molecule has 80 valence electrons. The van der Waals surface area contributed by atoms with Crippen LogP contribution in [0.1, 0.15) is 59.8 Å². The van der Waals surface area contributed by atoms with E-state index in [1.807, 2.05) is 0 Å². The number of hydrogen-bond acceptors (Lipinski definition) is 1. The van der Waals surface area contributed by atoms with E-state index in [4.69, 9.17) is 0 Å². The van der Waals surface area contributed by atoms with Crippen molar-refractivity contribution >= 4 is 0 Å². The van der Waals surface area contributed by atoms with Crippen LogP contribution in [-0.4, -0.2) is 11.2 Å². The molecule has 13 heavy (non-hydrogen) atoms. The summed E-state index contributed by atoms with van der Waals surface area (Å²) >= 11 is 0. The van der Waals surface area contributed by atoms with Gasteiger partial charge in [0.2, 0.25) is 0 Å². The Morgan fingerprint density at radius 3 is 1.92 bits per heavy atom. The largest absolute Gasteiger partial charge is 0.393 e. The van der Waals surface area contributed by atoms with Gasteiger partial charge in [0.25, 0.3) is 0 Å². The Kier molecular flexibility index (Phi) is 7.35. The van der Waals surface area contributed by atoms with Crippen molar-refractivity contribution < 1.29 is 5.11 Å². The maximum atomic E-state index is 9.89. The molecule has 0 saturated heterocycles. The van der Waals surface area contributed by atoms with Crippen molar-refractivity contribution in [2.24, 2.45) is 11.8 Å². The van der Waals surface area contributed by atoms with E-state index in [2.05, 4.69) is 27.7 Å². The van der Waals surface area contributed by atoms with Gasteiger partial charge in [0, 0.05) is 0 Å². The summed E-state index contributed by atoms with van der Waals surface area (Å²) in [6.07, 6.45) is 5.55. The summed E-state index contributed by atoms with van der Waals surface area (Å²) < 4.78 is 0. The fourth-order valence-corrected chi connectivity index (χ4v) is 1.98. The summed E-state index contributed by atoms with van der Waals surface area (Å²) in [4.78, 5) is 0. The normalized spacial score (nSPS) is 16.2. The van der Waals surface area contributed by atoms with Gasteiger partial charge >= 0.3 is 0 Å². The highest BCUT2D eigenvalue weighted by Crippen LogP contribution is 2.23. The molecule has 0 aromatic heterocycles. The van der Waals surface area contributed by atoms with Gasteiger partial charge in [-0.05, 0) is 31.1 Å². The molecule has 0 heterocycles. The van der Waals surface area contributed by atoms with Crippen molar-refractivity contribution in [1.82, 2.24) is 0 Å². The summed E-state index contributed by atoms with van der Waals surface area (Å²) in [6.45, 7) is 8.82.